The standard InChI is InChI=1S/C23H26N4.2CH3.Fe/c1-14-7-16(3)22(17(4)8-14)25-12-20-11-24-21(27-20)13-26-23-18(5)9-15(2)10-19(23)6;;;/h7-10,12-13H,11H2,1-6H3;2*1H3;/q;2*-1;+2. The minimum Gasteiger partial charge on any atom is -0.358 e. The van der Waals surface area contributed by atoms with Gasteiger partial charge in [-0.15, -0.1) is 0 Å². The van der Waals surface area contributed by atoms with Crippen molar-refractivity contribution < 1.29 is 17.1 Å². The Bertz CT molecular complexity index is 968. The normalized spacial score (nSPS) is 12.9. The van der Waals surface area contributed by atoms with Gasteiger partial charge in [0.2, 0.25) is 0 Å². The van der Waals surface area contributed by atoms with E-state index in [2.05, 4.69) is 85.8 Å². The summed E-state index contributed by atoms with van der Waals surface area (Å²) in [5.41, 5.74) is 10.0. The van der Waals surface area contributed by atoms with E-state index in [4.69, 9.17) is 0 Å². The second-order valence-electron chi connectivity index (χ2n) is 7.29. The predicted molar refractivity (Wildman–Crippen MR) is 130 cm³/mol. The summed E-state index contributed by atoms with van der Waals surface area (Å²) in [5, 5.41) is 0. The van der Waals surface area contributed by atoms with E-state index in [1.54, 1.807) is 6.21 Å². The Morgan fingerprint density at radius 2 is 1.10 bits per heavy atom. The minimum atomic E-state index is 0. The molecule has 1 heterocycles. The van der Waals surface area contributed by atoms with Crippen molar-refractivity contribution in [3.63, 3.8) is 0 Å². The number of aliphatic imine (C=N–C) groups is 4. The van der Waals surface area contributed by atoms with Crippen molar-refractivity contribution >= 4 is 35.4 Å². The molecule has 2 aromatic carbocycles. The molecule has 0 atom stereocenters. The second kappa shape index (κ2) is 11.7. The van der Waals surface area contributed by atoms with Gasteiger partial charge in [0.25, 0.3) is 0 Å². The maximum absolute atomic E-state index is 4.65. The zero-order chi connectivity index (χ0) is 19.6. The molecule has 4 nitrogen and oxygen atoms in total. The van der Waals surface area contributed by atoms with Gasteiger partial charge in [0, 0.05) is 0 Å². The van der Waals surface area contributed by atoms with E-state index in [9.17, 15) is 0 Å². The molecule has 0 bridgehead atoms. The van der Waals surface area contributed by atoms with Crippen LogP contribution in [0.25, 0.3) is 0 Å². The number of hydrogen-bond acceptors (Lipinski definition) is 4. The molecule has 2 aromatic rings. The zero-order valence-electron chi connectivity index (χ0n) is 19.3. The molecule has 160 valence electrons. The van der Waals surface area contributed by atoms with Crippen molar-refractivity contribution in [3.05, 3.63) is 72.5 Å². The van der Waals surface area contributed by atoms with Crippen LogP contribution in [0.4, 0.5) is 11.4 Å². The van der Waals surface area contributed by atoms with Crippen LogP contribution in [0.2, 0.25) is 0 Å². The van der Waals surface area contributed by atoms with Crippen molar-refractivity contribution in [3.8, 4) is 0 Å². The molecule has 0 amide bonds. The molecule has 0 aromatic heterocycles. The maximum Gasteiger partial charge on any atom is 2.00 e. The maximum atomic E-state index is 4.65. The topological polar surface area (TPSA) is 49.4 Å². The third kappa shape index (κ3) is 6.58. The molecule has 0 radical (unpaired) electrons. The molecular weight excluding hydrogens is 412 g/mol. The monoisotopic (exact) mass is 444 g/mol. The van der Waals surface area contributed by atoms with Crippen LogP contribution in [0.15, 0.2) is 44.2 Å². The first-order valence-corrected chi connectivity index (χ1v) is 9.19. The Labute approximate surface area is 192 Å². The molecule has 3 rings (SSSR count). The van der Waals surface area contributed by atoms with Crippen LogP contribution < -0.4 is 0 Å². The van der Waals surface area contributed by atoms with Crippen LogP contribution in [0.1, 0.15) is 33.4 Å². The molecule has 0 spiro atoms. The van der Waals surface area contributed by atoms with Gasteiger partial charge in [0.05, 0.1) is 36.1 Å². The van der Waals surface area contributed by atoms with E-state index < -0.39 is 0 Å². The summed E-state index contributed by atoms with van der Waals surface area (Å²) >= 11 is 0. The van der Waals surface area contributed by atoms with Crippen LogP contribution in [-0.2, 0) is 17.1 Å². The van der Waals surface area contributed by atoms with E-state index >= 15 is 0 Å². The third-order valence-corrected chi connectivity index (χ3v) is 4.58. The summed E-state index contributed by atoms with van der Waals surface area (Å²) in [6, 6.07) is 8.58. The number of aryl methyl sites for hydroxylation is 6. The zero-order valence-corrected chi connectivity index (χ0v) is 20.4. The molecule has 0 fully saturated rings. The van der Waals surface area contributed by atoms with Crippen LogP contribution >= 0.6 is 0 Å². The number of hydrogen-bond donors (Lipinski definition) is 0. The van der Waals surface area contributed by atoms with Gasteiger partial charge in [-0.2, -0.15) is 0 Å². The van der Waals surface area contributed by atoms with Gasteiger partial charge in [0.1, 0.15) is 0 Å². The average molecular weight is 444 g/mol. The number of nitrogens with zero attached hydrogens (tertiary/aromatic N) is 4. The predicted octanol–water partition coefficient (Wildman–Crippen LogP) is 6.39. The Balaban J connectivity index is 0.00000280. The molecular formula is C25H32FeN4. The van der Waals surface area contributed by atoms with E-state index in [1.165, 1.54) is 33.4 Å². The number of benzene rings is 2. The number of rotatable bonds is 4. The summed E-state index contributed by atoms with van der Waals surface area (Å²) in [7, 11) is 0. The Morgan fingerprint density at radius 1 is 0.700 bits per heavy atom. The van der Waals surface area contributed by atoms with Gasteiger partial charge in [-0.25, -0.2) is 4.99 Å². The van der Waals surface area contributed by atoms with E-state index in [1.807, 2.05) is 6.21 Å². The molecule has 0 saturated heterocycles. The molecule has 5 heteroatoms. The number of amidine groups is 1. The summed E-state index contributed by atoms with van der Waals surface area (Å²) in [6.45, 7) is 13.1. The largest absolute Gasteiger partial charge is 2.00 e. The summed E-state index contributed by atoms with van der Waals surface area (Å²) in [5.74, 6) is 0.646. The molecule has 0 saturated carbocycles. The van der Waals surface area contributed by atoms with Gasteiger partial charge >= 0.3 is 17.1 Å². The van der Waals surface area contributed by atoms with Crippen molar-refractivity contribution in [2.75, 3.05) is 6.54 Å². The minimum absolute atomic E-state index is 0. The Hall–Kier alpha value is -2.36. The van der Waals surface area contributed by atoms with Gasteiger partial charge < -0.3 is 14.9 Å². The summed E-state index contributed by atoms with van der Waals surface area (Å²) in [4.78, 5) is 18.2. The van der Waals surface area contributed by atoms with Crippen LogP contribution in [0.3, 0.4) is 0 Å². The molecule has 1 aliphatic rings. The van der Waals surface area contributed by atoms with Crippen molar-refractivity contribution in [1.82, 2.24) is 0 Å². The molecule has 0 aliphatic carbocycles. The quantitative estimate of drug-likeness (QED) is 0.298. The van der Waals surface area contributed by atoms with E-state index in [-0.39, 0.29) is 31.9 Å². The summed E-state index contributed by atoms with van der Waals surface area (Å²) in [6.07, 6.45) is 3.56. The van der Waals surface area contributed by atoms with Crippen LogP contribution in [-0.4, -0.2) is 30.5 Å². The van der Waals surface area contributed by atoms with Crippen molar-refractivity contribution in [1.29, 1.82) is 0 Å². The van der Waals surface area contributed by atoms with Gasteiger partial charge in [-0.3, -0.25) is 15.0 Å². The Morgan fingerprint density at radius 3 is 1.53 bits per heavy atom. The first kappa shape index (κ1) is 27.6. The molecule has 1 aliphatic heterocycles. The summed E-state index contributed by atoms with van der Waals surface area (Å²) < 4.78 is 0. The third-order valence-electron chi connectivity index (χ3n) is 4.58. The average Bonchev–Trinajstić information content (AvgIpc) is 3.00. The SMILES string of the molecule is Cc1cc(C)c(N=CC2=NC(C=Nc3c(C)cc(C)cc3C)=NC2)c(C)c1.[CH3-].[CH3-].[Fe+2]. The first-order chi connectivity index (χ1) is 12.8. The van der Waals surface area contributed by atoms with Gasteiger partial charge in [-0.05, 0) is 63.8 Å². The smallest absolute Gasteiger partial charge is 0.358 e. The van der Waals surface area contributed by atoms with E-state index in [0.717, 1.165) is 17.1 Å². The first-order valence-electron chi connectivity index (χ1n) is 9.19. The fourth-order valence-corrected chi connectivity index (χ4v) is 3.53. The van der Waals surface area contributed by atoms with Crippen molar-refractivity contribution in [2.45, 2.75) is 41.5 Å². The fraction of sp³-hybridized carbons (Fsp3) is 0.280. The molecule has 0 N–H and O–H groups in total. The molecule has 0 unspecified atom stereocenters. The van der Waals surface area contributed by atoms with Crippen LogP contribution in [0, 0.1) is 56.4 Å². The fourth-order valence-electron chi connectivity index (χ4n) is 3.53. The second-order valence-corrected chi connectivity index (χ2v) is 7.29. The Kier molecular flexibility index (Phi) is 10.8. The van der Waals surface area contributed by atoms with Gasteiger partial charge in [-0.1, -0.05) is 35.4 Å². The van der Waals surface area contributed by atoms with Crippen LogP contribution in [0.5, 0.6) is 0 Å². The van der Waals surface area contributed by atoms with E-state index in [0.29, 0.717) is 12.4 Å². The molecule has 30 heavy (non-hydrogen) atoms. The van der Waals surface area contributed by atoms with Crippen molar-refractivity contribution in [2.24, 2.45) is 20.0 Å². The van der Waals surface area contributed by atoms with Gasteiger partial charge in [0.15, 0.2) is 5.84 Å².